The number of fused-ring (bicyclic) bond motifs is 2. The van der Waals surface area contributed by atoms with Gasteiger partial charge in [-0.25, -0.2) is 13.9 Å². The standard InChI is InChI=1S/C18H21FN8O3S/c19-11-7-22-17-15(16(20)24-26(17)9-11)18(28)23-13-8-21-3-1-14(13)25-4-5-27-12(10-25)2-6-31(27,29)30/h1,3,7-9,12,29-30H,2,4-6,10H2,(H2,20,24)(H,23,28). The number of halogens is 1. The third-order valence-corrected chi connectivity index (χ3v) is 7.63. The van der Waals surface area contributed by atoms with Crippen molar-refractivity contribution in [1.29, 1.82) is 0 Å². The van der Waals surface area contributed by atoms with Crippen LogP contribution in [-0.4, -0.2) is 70.3 Å². The largest absolute Gasteiger partial charge is 0.381 e. The number of hydrogen-bond acceptors (Lipinski definition) is 9. The number of aromatic nitrogens is 4. The number of carbonyl (C=O) groups excluding carboxylic acids is 1. The molecule has 5 N–H and O–H groups in total. The van der Waals surface area contributed by atoms with Crippen LogP contribution in [-0.2, 0) is 0 Å². The van der Waals surface area contributed by atoms with Gasteiger partial charge >= 0.3 is 0 Å². The second-order valence-corrected chi connectivity index (χ2v) is 9.65. The summed E-state index contributed by atoms with van der Waals surface area (Å²) in [6.45, 7) is 1.68. The lowest BCUT2D eigenvalue weighted by Crippen LogP contribution is -2.50. The van der Waals surface area contributed by atoms with Crippen LogP contribution in [0.1, 0.15) is 16.8 Å². The maximum Gasteiger partial charge on any atom is 0.263 e. The Kier molecular flexibility index (Phi) is 4.69. The number of hydrogen-bond donors (Lipinski definition) is 4. The number of pyridine rings is 1. The Bertz CT molecular complexity index is 1170. The van der Waals surface area contributed by atoms with Crippen molar-refractivity contribution in [2.24, 2.45) is 0 Å². The second kappa shape index (κ2) is 7.30. The van der Waals surface area contributed by atoms with E-state index >= 15 is 0 Å². The molecule has 3 aromatic rings. The van der Waals surface area contributed by atoms with Crippen molar-refractivity contribution in [1.82, 2.24) is 23.9 Å². The van der Waals surface area contributed by atoms with E-state index in [-0.39, 0.29) is 23.1 Å². The quantitative estimate of drug-likeness (QED) is 0.470. The number of piperazine rings is 1. The highest BCUT2D eigenvalue weighted by atomic mass is 32.3. The average Bonchev–Trinajstić information content (AvgIpc) is 3.23. The van der Waals surface area contributed by atoms with Crippen LogP contribution >= 0.6 is 10.8 Å². The molecule has 2 saturated heterocycles. The summed E-state index contributed by atoms with van der Waals surface area (Å²) in [5, 5.41) is 6.77. The van der Waals surface area contributed by atoms with Crippen LogP contribution in [0, 0.1) is 5.82 Å². The topological polar surface area (TPSA) is 145 Å². The van der Waals surface area contributed by atoms with Crippen molar-refractivity contribution in [3.05, 3.63) is 42.2 Å². The molecule has 5 heterocycles. The Hall–Kier alpha value is -3.00. The van der Waals surface area contributed by atoms with Gasteiger partial charge in [-0.2, -0.15) is 4.31 Å². The van der Waals surface area contributed by atoms with Gasteiger partial charge in [-0.15, -0.1) is 15.9 Å². The minimum Gasteiger partial charge on any atom is -0.381 e. The van der Waals surface area contributed by atoms with Crippen molar-refractivity contribution in [3.63, 3.8) is 0 Å². The maximum absolute atomic E-state index is 13.4. The summed E-state index contributed by atoms with van der Waals surface area (Å²) in [5.74, 6) is -0.813. The molecule has 0 aliphatic carbocycles. The third-order valence-electron chi connectivity index (χ3n) is 5.61. The Labute approximate surface area is 178 Å². The molecule has 2 fully saturated rings. The van der Waals surface area contributed by atoms with Gasteiger partial charge in [0, 0.05) is 31.9 Å². The summed E-state index contributed by atoms with van der Waals surface area (Å²) in [4.78, 5) is 23.1. The first-order valence-corrected chi connectivity index (χ1v) is 11.3. The Morgan fingerprint density at radius 2 is 2.16 bits per heavy atom. The predicted molar refractivity (Wildman–Crippen MR) is 115 cm³/mol. The minimum absolute atomic E-state index is 0.0322. The van der Waals surface area contributed by atoms with Crippen molar-refractivity contribution >= 4 is 39.5 Å². The van der Waals surface area contributed by atoms with Gasteiger partial charge in [0.1, 0.15) is 5.56 Å². The molecule has 2 aliphatic rings. The van der Waals surface area contributed by atoms with Crippen LogP contribution in [0.4, 0.5) is 21.6 Å². The third kappa shape index (κ3) is 3.44. The molecule has 1 unspecified atom stereocenters. The Morgan fingerprint density at radius 1 is 1.32 bits per heavy atom. The average molecular weight is 448 g/mol. The van der Waals surface area contributed by atoms with Crippen molar-refractivity contribution < 1.29 is 18.3 Å². The van der Waals surface area contributed by atoms with Crippen LogP contribution in [0.3, 0.4) is 0 Å². The van der Waals surface area contributed by atoms with Gasteiger partial charge in [-0.1, -0.05) is 0 Å². The van der Waals surface area contributed by atoms with E-state index in [2.05, 4.69) is 25.3 Å². The summed E-state index contributed by atoms with van der Waals surface area (Å²) in [7, 11) is -2.67. The normalized spacial score (nSPS) is 21.8. The number of nitrogens with two attached hydrogens (primary N) is 1. The van der Waals surface area contributed by atoms with Gasteiger partial charge in [-0.05, 0) is 12.5 Å². The number of carbonyl (C=O) groups is 1. The summed E-state index contributed by atoms with van der Waals surface area (Å²) in [6, 6.07) is 1.83. The molecule has 31 heavy (non-hydrogen) atoms. The number of amides is 1. The number of rotatable bonds is 3. The highest BCUT2D eigenvalue weighted by Gasteiger charge is 2.41. The molecule has 0 radical (unpaired) electrons. The molecular formula is C18H21FN8O3S. The molecule has 0 spiro atoms. The van der Waals surface area contributed by atoms with E-state index in [4.69, 9.17) is 5.73 Å². The summed E-state index contributed by atoms with van der Waals surface area (Å²) < 4.78 is 36.7. The van der Waals surface area contributed by atoms with E-state index in [0.29, 0.717) is 37.5 Å². The molecular weight excluding hydrogens is 427 g/mol. The van der Waals surface area contributed by atoms with Crippen molar-refractivity contribution in [2.75, 3.05) is 41.3 Å². The van der Waals surface area contributed by atoms with Crippen LogP contribution < -0.4 is 16.0 Å². The minimum atomic E-state index is -2.67. The zero-order valence-corrected chi connectivity index (χ0v) is 17.2. The molecule has 0 aromatic carbocycles. The van der Waals surface area contributed by atoms with E-state index in [0.717, 1.165) is 22.6 Å². The molecule has 13 heteroatoms. The van der Waals surface area contributed by atoms with Crippen LogP contribution in [0.15, 0.2) is 30.9 Å². The fourth-order valence-corrected chi connectivity index (χ4v) is 6.03. The van der Waals surface area contributed by atoms with Gasteiger partial charge in [0.15, 0.2) is 17.3 Å². The van der Waals surface area contributed by atoms with Crippen LogP contribution in [0.25, 0.3) is 5.65 Å². The van der Waals surface area contributed by atoms with E-state index in [1.165, 1.54) is 6.20 Å². The SMILES string of the molecule is Nc1nn2cc(F)cnc2c1C(=O)Nc1cnccc1N1CCN2C(CCS2(O)O)C1. The first kappa shape index (κ1) is 19.9. The highest BCUT2D eigenvalue weighted by molar-refractivity contribution is 8.22. The van der Waals surface area contributed by atoms with Crippen molar-refractivity contribution in [3.8, 4) is 0 Å². The monoisotopic (exact) mass is 448 g/mol. The Balaban J connectivity index is 1.41. The zero-order valence-electron chi connectivity index (χ0n) is 16.3. The molecule has 164 valence electrons. The van der Waals surface area contributed by atoms with Gasteiger partial charge < -0.3 is 16.0 Å². The van der Waals surface area contributed by atoms with Gasteiger partial charge in [0.2, 0.25) is 0 Å². The van der Waals surface area contributed by atoms with Crippen LogP contribution in [0.2, 0.25) is 0 Å². The highest BCUT2D eigenvalue weighted by Crippen LogP contribution is 2.52. The first-order valence-electron chi connectivity index (χ1n) is 9.66. The number of anilines is 3. The molecule has 3 aromatic heterocycles. The lowest BCUT2D eigenvalue weighted by atomic mass is 10.1. The van der Waals surface area contributed by atoms with Gasteiger partial charge in [0.25, 0.3) is 5.91 Å². The number of nitrogen functional groups attached to an aromatic ring is 1. The fourth-order valence-electron chi connectivity index (χ4n) is 4.18. The van der Waals surface area contributed by atoms with E-state index in [9.17, 15) is 18.3 Å². The second-order valence-electron chi connectivity index (χ2n) is 7.51. The summed E-state index contributed by atoms with van der Waals surface area (Å²) in [6.07, 6.45) is 5.96. The lowest BCUT2D eigenvalue weighted by molar-refractivity contribution is 0.102. The molecule has 11 nitrogen and oxygen atoms in total. The number of nitrogens with one attached hydrogen (secondary N) is 1. The fraction of sp³-hybridized carbons (Fsp3) is 0.333. The zero-order chi connectivity index (χ0) is 21.8. The Morgan fingerprint density at radius 3 is 3.00 bits per heavy atom. The maximum atomic E-state index is 13.4. The van der Waals surface area contributed by atoms with Gasteiger partial charge in [-0.3, -0.25) is 18.9 Å². The summed E-state index contributed by atoms with van der Waals surface area (Å²) in [5.41, 5.74) is 7.32. The molecule has 5 rings (SSSR count). The lowest BCUT2D eigenvalue weighted by Gasteiger charge is -2.45. The first-order chi connectivity index (χ1) is 14.8. The van der Waals surface area contributed by atoms with Crippen molar-refractivity contribution in [2.45, 2.75) is 12.5 Å². The van der Waals surface area contributed by atoms with Gasteiger partial charge in [0.05, 0.1) is 35.7 Å². The number of nitrogens with zero attached hydrogens (tertiary/aromatic N) is 6. The molecule has 0 bridgehead atoms. The van der Waals surface area contributed by atoms with E-state index in [1.54, 1.807) is 16.6 Å². The molecule has 1 amide bonds. The molecule has 1 atom stereocenters. The molecule has 0 saturated carbocycles. The van der Waals surface area contributed by atoms with E-state index < -0.39 is 22.5 Å². The predicted octanol–water partition coefficient (Wildman–Crippen LogP) is 1.66. The summed E-state index contributed by atoms with van der Waals surface area (Å²) >= 11 is 0. The smallest absolute Gasteiger partial charge is 0.263 e. The molecule has 2 aliphatic heterocycles. The van der Waals surface area contributed by atoms with E-state index in [1.807, 2.05) is 0 Å². The van der Waals surface area contributed by atoms with Crippen LogP contribution in [0.5, 0.6) is 0 Å².